The molecular weight excluding hydrogens is 321 g/mol. The molecule has 0 spiro atoms. The first kappa shape index (κ1) is 16.2. The van der Waals surface area contributed by atoms with E-state index in [1.54, 1.807) is 24.3 Å². The lowest BCUT2D eigenvalue weighted by atomic mass is 10.1. The molecule has 1 unspecified atom stereocenters. The Morgan fingerprint density at radius 1 is 1.12 bits per heavy atom. The molecule has 0 aliphatic carbocycles. The second-order valence-corrected chi connectivity index (χ2v) is 5.36. The summed E-state index contributed by atoms with van der Waals surface area (Å²) in [7, 11) is 0. The van der Waals surface area contributed by atoms with Crippen molar-refractivity contribution in [3.05, 3.63) is 76.3 Å². The average Bonchev–Trinajstić information content (AvgIpc) is 2.57. The van der Waals surface area contributed by atoms with Crippen molar-refractivity contribution in [2.45, 2.75) is 18.8 Å². The summed E-state index contributed by atoms with van der Waals surface area (Å²) in [6.45, 7) is -0.183. The van der Waals surface area contributed by atoms with E-state index in [1.165, 1.54) is 23.0 Å². The molecule has 0 bridgehead atoms. The number of benzene rings is 2. The molecule has 0 saturated carbocycles. The number of aromatic nitrogens is 2. The minimum atomic E-state index is -4.49. The first-order chi connectivity index (χ1) is 11.4. The van der Waals surface area contributed by atoms with Gasteiger partial charge in [-0.1, -0.05) is 24.3 Å². The van der Waals surface area contributed by atoms with Crippen molar-refractivity contribution in [3.63, 3.8) is 0 Å². The van der Waals surface area contributed by atoms with Crippen LogP contribution in [0, 0.1) is 0 Å². The summed E-state index contributed by atoms with van der Waals surface area (Å²) < 4.78 is 39.4. The summed E-state index contributed by atoms with van der Waals surface area (Å²) in [6.07, 6.45) is -4.47. The summed E-state index contributed by atoms with van der Waals surface area (Å²) >= 11 is 0. The van der Waals surface area contributed by atoms with E-state index in [0.717, 1.165) is 12.1 Å². The first-order valence-corrected chi connectivity index (χ1v) is 7.15. The Morgan fingerprint density at radius 2 is 1.88 bits per heavy atom. The lowest BCUT2D eigenvalue weighted by Gasteiger charge is -2.15. The highest BCUT2D eigenvalue weighted by molar-refractivity contribution is 5.76. The standard InChI is InChI=1S/C17H13F3N2O2/c18-17(19,20)12-5-3-4-11(8-12)15(23)9-22-10-21-14-7-2-1-6-13(14)16(22)24/h1-8,10,15,23H,9H2. The Kier molecular flexibility index (Phi) is 4.11. The zero-order valence-electron chi connectivity index (χ0n) is 12.4. The van der Waals surface area contributed by atoms with Crippen LogP contribution in [0.15, 0.2) is 59.7 Å². The van der Waals surface area contributed by atoms with Gasteiger partial charge in [-0.15, -0.1) is 0 Å². The van der Waals surface area contributed by atoms with Gasteiger partial charge in [0.2, 0.25) is 0 Å². The Labute approximate surface area is 134 Å². The molecule has 124 valence electrons. The summed E-state index contributed by atoms with van der Waals surface area (Å²) in [6, 6.07) is 11.2. The molecular formula is C17H13F3N2O2. The molecule has 2 aromatic carbocycles. The predicted molar refractivity (Wildman–Crippen MR) is 82.4 cm³/mol. The Balaban J connectivity index is 1.92. The van der Waals surface area contributed by atoms with Crippen molar-refractivity contribution >= 4 is 10.9 Å². The molecule has 1 aromatic heterocycles. The monoisotopic (exact) mass is 334 g/mol. The van der Waals surface area contributed by atoms with E-state index in [4.69, 9.17) is 0 Å². The molecule has 1 atom stereocenters. The molecule has 0 saturated heterocycles. The molecule has 0 aliphatic rings. The first-order valence-electron chi connectivity index (χ1n) is 7.15. The third-order valence-electron chi connectivity index (χ3n) is 3.70. The fourth-order valence-electron chi connectivity index (χ4n) is 2.45. The maximum Gasteiger partial charge on any atom is 0.416 e. The van der Waals surface area contributed by atoms with Gasteiger partial charge in [0, 0.05) is 0 Å². The number of nitrogens with zero attached hydrogens (tertiary/aromatic N) is 2. The van der Waals surface area contributed by atoms with Crippen LogP contribution in [0.3, 0.4) is 0 Å². The summed E-state index contributed by atoms with van der Waals surface area (Å²) in [5, 5.41) is 10.6. The Bertz CT molecular complexity index is 935. The lowest BCUT2D eigenvalue weighted by molar-refractivity contribution is -0.137. The van der Waals surface area contributed by atoms with Crippen LogP contribution in [0.1, 0.15) is 17.2 Å². The van der Waals surface area contributed by atoms with Gasteiger partial charge in [0.05, 0.1) is 35.4 Å². The molecule has 7 heteroatoms. The zero-order valence-corrected chi connectivity index (χ0v) is 12.4. The van der Waals surface area contributed by atoms with E-state index in [1.807, 2.05) is 0 Å². The van der Waals surface area contributed by atoms with Crippen molar-refractivity contribution in [2.24, 2.45) is 0 Å². The third kappa shape index (κ3) is 3.16. The van der Waals surface area contributed by atoms with Crippen LogP contribution in [-0.4, -0.2) is 14.7 Å². The molecule has 24 heavy (non-hydrogen) atoms. The highest BCUT2D eigenvalue weighted by atomic mass is 19.4. The average molecular weight is 334 g/mol. The van der Waals surface area contributed by atoms with Gasteiger partial charge in [-0.2, -0.15) is 13.2 Å². The SMILES string of the molecule is O=c1c2ccccc2ncn1CC(O)c1cccc(C(F)(F)F)c1. The molecule has 0 amide bonds. The van der Waals surface area contributed by atoms with Gasteiger partial charge in [0.15, 0.2) is 0 Å². The molecule has 0 fully saturated rings. The molecule has 1 N–H and O–H groups in total. The fraction of sp³-hybridized carbons (Fsp3) is 0.176. The van der Waals surface area contributed by atoms with E-state index in [0.29, 0.717) is 10.9 Å². The van der Waals surface area contributed by atoms with Crippen LogP contribution in [0.25, 0.3) is 10.9 Å². The number of fused-ring (bicyclic) bond motifs is 1. The maximum atomic E-state index is 12.7. The van der Waals surface area contributed by atoms with Crippen LogP contribution in [0.2, 0.25) is 0 Å². The molecule has 3 aromatic rings. The van der Waals surface area contributed by atoms with Gasteiger partial charge >= 0.3 is 6.18 Å². The number of aliphatic hydroxyl groups is 1. The summed E-state index contributed by atoms with van der Waals surface area (Å²) in [4.78, 5) is 16.5. The number of rotatable bonds is 3. The molecule has 0 radical (unpaired) electrons. The van der Waals surface area contributed by atoms with E-state index in [9.17, 15) is 23.1 Å². The van der Waals surface area contributed by atoms with Gasteiger partial charge in [0.1, 0.15) is 0 Å². The van der Waals surface area contributed by atoms with Crippen molar-refractivity contribution < 1.29 is 18.3 Å². The number of halogens is 3. The van der Waals surface area contributed by atoms with Crippen molar-refractivity contribution in [2.75, 3.05) is 0 Å². The molecule has 4 nitrogen and oxygen atoms in total. The highest BCUT2D eigenvalue weighted by Crippen LogP contribution is 2.30. The number of hydrogen-bond donors (Lipinski definition) is 1. The van der Waals surface area contributed by atoms with Gasteiger partial charge in [-0.3, -0.25) is 9.36 Å². The molecule has 3 rings (SSSR count). The number of para-hydroxylation sites is 1. The van der Waals surface area contributed by atoms with Gasteiger partial charge < -0.3 is 5.11 Å². The summed E-state index contributed by atoms with van der Waals surface area (Å²) in [5.41, 5.74) is -0.591. The van der Waals surface area contributed by atoms with Gasteiger partial charge in [-0.25, -0.2) is 4.98 Å². The van der Waals surface area contributed by atoms with Crippen LogP contribution in [0.5, 0.6) is 0 Å². The fourth-order valence-corrected chi connectivity index (χ4v) is 2.45. The second kappa shape index (κ2) is 6.09. The quantitative estimate of drug-likeness (QED) is 0.800. The minimum absolute atomic E-state index is 0.0879. The maximum absolute atomic E-state index is 12.7. The molecule has 1 heterocycles. The van der Waals surface area contributed by atoms with E-state index in [-0.39, 0.29) is 17.7 Å². The van der Waals surface area contributed by atoms with Crippen LogP contribution in [0.4, 0.5) is 13.2 Å². The number of aliphatic hydroxyl groups excluding tert-OH is 1. The largest absolute Gasteiger partial charge is 0.416 e. The Morgan fingerprint density at radius 3 is 2.62 bits per heavy atom. The predicted octanol–water partition coefficient (Wildman–Crippen LogP) is 3.15. The lowest BCUT2D eigenvalue weighted by Crippen LogP contribution is -2.23. The van der Waals surface area contributed by atoms with E-state index >= 15 is 0 Å². The van der Waals surface area contributed by atoms with Gasteiger partial charge in [0.25, 0.3) is 5.56 Å². The smallest absolute Gasteiger partial charge is 0.387 e. The van der Waals surface area contributed by atoms with Crippen molar-refractivity contribution in [3.8, 4) is 0 Å². The highest BCUT2D eigenvalue weighted by Gasteiger charge is 2.30. The zero-order chi connectivity index (χ0) is 17.3. The normalized spacial score (nSPS) is 13.2. The number of alkyl halides is 3. The van der Waals surface area contributed by atoms with Crippen LogP contribution in [-0.2, 0) is 12.7 Å². The van der Waals surface area contributed by atoms with Crippen LogP contribution < -0.4 is 5.56 Å². The second-order valence-electron chi connectivity index (χ2n) is 5.36. The Hall–Kier alpha value is -2.67. The van der Waals surface area contributed by atoms with Crippen LogP contribution >= 0.6 is 0 Å². The minimum Gasteiger partial charge on any atom is -0.387 e. The summed E-state index contributed by atoms with van der Waals surface area (Å²) in [5.74, 6) is 0. The van der Waals surface area contributed by atoms with Crippen molar-refractivity contribution in [1.82, 2.24) is 9.55 Å². The van der Waals surface area contributed by atoms with Crippen molar-refractivity contribution in [1.29, 1.82) is 0 Å². The van der Waals surface area contributed by atoms with E-state index < -0.39 is 17.8 Å². The topological polar surface area (TPSA) is 55.1 Å². The number of hydrogen-bond acceptors (Lipinski definition) is 3. The van der Waals surface area contributed by atoms with E-state index in [2.05, 4.69) is 4.98 Å². The third-order valence-corrected chi connectivity index (χ3v) is 3.70. The molecule has 0 aliphatic heterocycles. The van der Waals surface area contributed by atoms with Gasteiger partial charge in [-0.05, 0) is 29.8 Å².